The van der Waals surface area contributed by atoms with Gasteiger partial charge in [-0.15, -0.1) is 4.28 Å². The molecule has 0 aromatic rings. The molecule has 2 aliphatic rings. The van der Waals surface area contributed by atoms with E-state index >= 15 is 0 Å². The summed E-state index contributed by atoms with van der Waals surface area (Å²) < 4.78 is 34.1. The van der Waals surface area contributed by atoms with E-state index in [4.69, 9.17) is 4.55 Å². The van der Waals surface area contributed by atoms with Crippen molar-refractivity contribution in [2.75, 3.05) is 6.54 Å². The molecule has 2 atom stereocenters. The Bertz CT molecular complexity index is 515. The standard InChI is InChI=1S/C8H11N3O6S/c1-5-2-6-3-10(7(5)9-4-12)8(13)11(6)17-18(14,15)16/h2,4,6-7H,3H2,1H3,(H,9,12)(H,14,15,16)/t6-,7+/m1/s1. The average molecular weight is 277 g/mol. The second-order valence-electron chi connectivity index (χ2n) is 3.93. The highest BCUT2D eigenvalue weighted by Crippen LogP contribution is 2.28. The summed E-state index contributed by atoms with van der Waals surface area (Å²) in [6.45, 7) is 1.85. The first-order valence-corrected chi connectivity index (χ1v) is 6.35. The van der Waals surface area contributed by atoms with E-state index in [1.54, 1.807) is 13.0 Å². The van der Waals surface area contributed by atoms with E-state index in [9.17, 15) is 18.0 Å². The summed E-state index contributed by atoms with van der Waals surface area (Å²) in [6, 6.07) is -1.37. The minimum absolute atomic E-state index is 0.164. The Balaban J connectivity index is 2.27. The van der Waals surface area contributed by atoms with E-state index < -0.39 is 28.6 Å². The minimum atomic E-state index is -4.77. The van der Waals surface area contributed by atoms with Crippen molar-refractivity contribution in [3.63, 3.8) is 0 Å². The number of hydroxylamine groups is 2. The molecule has 3 amide bonds. The largest absolute Gasteiger partial charge is 0.418 e. The van der Waals surface area contributed by atoms with Crippen LogP contribution >= 0.6 is 0 Å². The smallest absolute Gasteiger partial charge is 0.335 e. The maximum Gasteiger partial charge on any atom is 0.418 e. The van der Waals surface area contributed by atoms with Crippen molar-refractivity contribution in [2.45, 2.75) is 19.1 Å². The van der Waals surface area contributed by atoms with Crippen molar-refractivity contribution in [1.82, 2.24) is 15.3 Å². The lowest BCUT2D eigenvalue weighted by molar-refractivity contribution is -0.110. The highest BCUT2D eigenvalue weighted by Gasteiger charge is 2.46. The van der Waals surface area contributed by atoms with Gasteiger partial charge in [0.15, 0.2) is 0 Å². The number of urea groups is 1. The molecular weight excluding hydrogens is 266 g/mol. The second-order valence-corrected chi connectivity index (χ2v) is 4.93. The van der Waals surface area contributed by atoms with Crippen LogP contribution < -0.4 is 5.32 Å². The summed E-state index contributed by atoms with van der Waals surface area (Å²) >= 11 is 0. The maximum atomic E-state index is 11.9. The number of hydrogen-bond acceptors (Lipinski definition) is 5. The summed E-state index contributed by atoms with van der Waals surface area (Å²) in [5.41, 5.74) is 0.674. The van der Waals surface area contributed by atoms with E-state index in [0.29, 0.717) is 17.0 Å². The number of hydrogen-bond donors (Lipinski definition) is 2. The first kappa shape index (κ1) is 12.8. The van der Waals surface area contributed by atoms with Crippen LogP contribution in [-0.4, -0.2) is 54.1 Å². The first-order chi connectivity index (χ1) is 8.33. The number of amides is 3. The molecule has 2 aliphatic heterocycles. The SMILES string of the molecule is CC1=C[C@@H]2CN(C(=O)N2OS(=O)(=O)O)[C@@H]1NC=O. The molecule has 0 aliphatic carbocycles. The molecule has 2 N–H and O–H groups in total. The van der Waals surface area contributed by atoms with E-state index in [-0.39, 0.29) is 6.54 Å². The van der Waals surface area contributed by atoms with Gasteiger partial charge in [0.05, 0.1) is 12.6 Å². The normalized spacial score (nSPS) is 27.2. The van der Waals surface area contributed by atoms with E-state index in [0.717, 1.165) is 0 Å². The zero-order chi connectivity index (χ0) is 13.5. The lowest BCUT2D eigenvalue weighted by Gasteiger charge is -2.29. The van der Waals surface area contributed by atoms with Crippen LogP contribution in [0.2, 0.25) is 0 Å². The van der Waals surface area contributed by atoms with Crippen molar-refractivity contribution in [1.29, 1.82) is 0 Å². The Morgan fingerprint density at radius 1 is 1.61 bits per heavy atom. The molecule has 1 fully saturated rings. The molecule has 0 unspecified atom stereocenters. The van der Waals surface area contributed by atoms with Crippen molar-refractivity contribution in [2.24, 2.45) is 0 Å². The molecule has 0 aromatic carbocycles. The highest BCUT2D eigenvalue weighted by molar-refractivity contribution is 7.80. The molecule has 0 saturated carbocycles. The lowest BCUT2D eigenvalue weighted by Crippen LogP contribution is -2.48. The Hall–Kier alpha value is -1.65. The van der Waals surface area contributed by atoms with Crippen molar-refractivity contribution in [3.05, 3.63) is 11.6 Å². The van der Waals surface area contributed by atoms with Crippen molar-refractivity contribution in [3.8, 4) is 0 Å². The van der Waals surface area contributed by atoms with Gasteiger partial charge in [-0.05, 0) is 12.5 Å². The van der Waals surface area contributed by atoms with Crippen LogP contribution in [0.25, 0.3) is 0 Å². The molecular formula is C8H11N3O6S. The topological polar surface area (TPSA) is 116 Å². The molecule has 9 nitrogen and oxygen atoms in total. The Labute approximate surface area is 103 Å². The summed E-state index contributed by atoms with van der Waals surface area (Å²) in [6.07, 6.45) is 1.40. The van der Waals surface area contributed by atoms with Crippen molar-refractivity contribution < 1.29 is 26.8 Å². The molecule has 0 aromatic heterocycles. The van der Waals surface area contributed by atoms with Crippen LogP contribution in [0, 0.1) is 0 Å². The zero-order valence-electron chi connectivity index (χ0n) is 9.31. The fourth-order valence-corrected chi connectivity index (χ4v) is 2.45. The monoisotopic (exact) mass is 277 g/mol. The van der Waals surface area contributed by atoms with Gasteiger partial charge in [-0.3, -0.25) is 14.2 Å². The summed E-state index contributed by atoms with van der Waals surface area (Å²) in [5.74, 6) is 0. The third-order valence-electron chi connectivity index (χ3n) is 2.72. The van der Waals surface area contributed by atoms with Gasteiger partial charge in [0.25, 0.3) is 0 Å². The van der Waals surface area contributed by atoms with Crippen LogP contribution in [0.1, 0.15) is 6.92 Å². The van der Waals surface area contributed by atoms with E-state index in [1.165, 1.54) is 4.90 Å². The Morgan fingerprint density at radius 3 is 2.83 bits per heavy atom. The molecule has 100 valence electrons. The number of fused-ring (bicyclic) bond motifs is 2. The van der Waals surface area contributed by atoms with E-state index in [1.807, 2.05) is 0 Å². The molecule has 0 radical (unpaired) electrons. The lowest BCUT2D eigenvalue weighted by atomic mass is 10.1. The van der Waals surface area contributed by atoms with Gasteiger partial charge in [-0.25, -0.2) is 4.79 Å². The minimum Gasteiger partial charge on any atom is -0.335 e. The number of carbonyl (C=O) groups excluding carboxylic acids is 2. The third kappa shape index (κ3) is 2.17. The molecule has 2 heterocycles. The maximum absolute atomic E-state index is 11.9. The zero-order valence-corrected chi connectivity index (χ0v) is 10.1. The quantitative estimate of drug-likeness (QED) is 0.381. The number of nitrogens with one attached hydrogen (secondary N) is 1. The molecule has 2 bridgehead atoms. The van der Waals surface area contributed by atoms with Gasteiger partial charge < -0.3 is 5.32 Å². The molecule has 10 heteroatoms. The first-order valence-electron chi connectivity index (χ1n) is 4.98. The van der Waals surface area contributed by atoms with Crippen LogP contribution in [0.4, 0.5) is 4.79 Å². The van der Waals surface area contributed by atoms with Gasteiger partial charge in [-0.2, -0.15) is 13.5 Å². The van der Waals surface area contributed by atoms with Crippen LogP contribution in [0.5, 0.6) is 0 Å². The third-order valence-corrected chi connectivity index (χ3v) is 3.07. The molecule has 2 rings (SSSR count). The number of nitrogens with zero attached hydrogens (tertiary/aromatic N) is 2. The van der Waals surface area contributed by atoms with Gasteiger partial charge in [0.1, 0.15) is 6.17 Å². The fourth-order valence-electron chi connectivity index (χ4n) is 2.07. The second kappa shape index (κ2) is 4.23. The molecule has 0 spiro atoms. The van der Waals surface area contributed by atoms with Gasteiger partial charge in [0.2, 0.25) is 6.41 Å². The fraction of sp³-hybridized carbons (Fsp3) is 0.500. The molecule has 1 saturated heterocycles. The predicted octanol–water partition coefficient (Wildman–Crippen LogP) is -1.14. The van der Waals surface area contributed by atoms with Crippen LogP contribution in [0.3, 0.4) is 0 Å². The summed E-state index contributed by atoms with van der Waals surface area (Å²) in [5, 5.41) is 3.00. The average Bonchev–Trinajstić information content (AvgIpc) is 2.48. The number of rotatable bonds is 4. The van der Waals surface area contributed by atoms with E-state index in [2.05, 4.69) is 9.60 Å². The van der Waals surface area contributed by atoms with Gasteiger partial charge >= 0.3 is 16.4 Å². The van der Waals surface area contributed by atoms with Crippen molar-refractivity contribution >= 4 is 22.8 Å². The Morgan fingerprint density at radius 2 is 2.28 bits per heavy atom. The summed E-state index contributed by atoms with van der Waals surface area (Å²) in [4.78, 5) is 23.5. The van der Waals surface area contributed by atoms with Gasteiger partial charge in [0, 0.05) is 0 Å². The Kier molecular flexibility index (Phi) is 3.00. The number of carbonyl (C=O) groups is 2. The summed E-state index contributed by atoms with van der Waals surface area (Å²) in [7, 11) is -4.77. The van der Waals surface area contributed by atoms with Crippen LogP contribution in [0.15, 0.2) is 11.6 Å². The highest BCUT2D eigenvalue weighted by atomic mass is 32.3. The molecule has 18 heavy (non-hydrogen) atoms. The predicted molar refractivity (Wildman–Crippen MR) is 57.1 cm³/mol. The van der Waals surface area contributed by atoms with Gasteiger partial charge in [-0.1, -0.05) is 6.08 Å². The van der Waals surface area contributed by atoms with Crippen LogP contribution in [-0.2, 0) is 19.5 Å².